The summed E-state index contributed by atoms with van der Waals surface area (Å²) in [5.41, 5.74) is 1.21. The van der Waals surface area contributed by atoms with Crippen molar-refractivity contribution in [1.29, 1.82) is 0 Å². The van der Waals surface area contributed by atoms with Gasteiger partial charge in [-0.15, -0.1) is 0 Å². The quantitative estimate of drug-likeness (QED) is 0.466. The number of esters is 1. The van der Waals surface area contributed by atoms with Crippen LogP contribution in [0.5, 0.6) is 5.75 Å². The minimum absolute atomic E-state index is 0.157. The van der Waals surface area contributed by atoms with Crippen LogP contribution < -0.4 is 4.43 Å². The summed E-state index contributed by atoms with van der Waals surface area (Å²) >= 11 is 0. The van der Waals surface area contributed by atoms with Gasteiger partial charge in [0.05, 0.1) is 19.1 Å². The number of aldehydes is 1. The van der Waals surface area contributed by atoms with Crippen molar-refractivity contribution in [3.8, 4) is 5.75 Å². The Labute approximate surface area is 108 Å². The van der Waals surface area contributed by atoms with Crippen molar-refractivity contribution in [3.05, 3.63) is 29.3 Å². The van der Waals surface area contributed by atoms with Gasteiger partial charge >= 0.3 is 5.97 Å². The summed E-state index contributed by atoms with van der Waals surface area (Å²) in [6.45, 7) is 6.14. The van der Waals surface area contributed by atoms with E-state index in [9.17, 15) is 9.59 Å². The van der Waals surface area contributed by atoms with Gasteiger partial charge in [-0.25, -0.2) is 0 Å². The van der Waals surface area contributed by atoms with Crippen LogP contribution in [0.1, 0.15) is 15.9 Å². The zero-order valence-corrected chi connectivity index (χ0v) is 12.1. The van der Waals surface area contributed by atoms with E-state index in [0.717, 1.165) is 11.8 Å². The number of methoxy groups -OCH3 is 1. The first-order valence-corrected chi connectivity index (χ1v) is 9.10. The molecule has 1 aromatic carbocycles. The summed E-state index contributed by atoms with van der Waals surface area (Å²) in [6, 6.07) is 5.18. The Balaban J connectivity index is 2.96. The third kappa shape index (κ3) is 4.33. The Morgan fingerprint density at radius 3 is 2.50 bits per heavy atom. The summed E-state index contributed by atoms with van der Waals surface area (Å²) in [7, 11) is -0.414. The van der Waals surface area contributed by atoms with E-state index < -0.39 is 8.32 Å². The normalized spacial score (nSPS) is 10.9. The standard InChI is InChI=1S/C13H18O4Si/c1-16-13(15)8-10-5-6-12(11(7-10)9-14)17-18(2,3)4/h5-7,9H,8H2,1-4H3. The molecule has 0 N–H and O–H groups in total. The predicted octanol–water partition coefficient (Wildman–Crippen LogP) is 2.43. The lowest BCUT2D eigenvalue weighted by Crippen LogP contribution is -2.29. The summed E-state index contributed by atoms with van der Waals surface area (Å²) in [6.07, 6.45) is 0.904. The number of ether oxygens (including phenoxy) is 1. The van der Waals surface area contributed by atoms with Crippen LogP contribution in [0, 0.1) is 0 Å². The average Bonchev–Trinajstić information content (AvgIpc) is 2.29. The molecule has 1 aromatic rings. The van der Waals surface area contributed by atoms with Crippen LogP contribution in [0.25, 0.3) is 0 Å². The molecule has 0 saturated carbocycles. The van der Waals surface area contributed by atoms with Crippen molar-refractivity contribution in [1.82, 2.24) is 0 Å². The van der Waals surface area contributed by atoms with Crippen LogP contribution >= 0.6 is 0 Å². The highest BCUT2D eigenvalue weighted by Crippen LogP contribution is 2.22. The minimum Gasteiger partial charge on any atom is -0.544 e. The summed E-state index contributed by atoms with van der Waals surface area (Å²) in [5, 5.41) is 0. The fourth-order valence-electron chi connectivity index (χ4n) is 1.46. The number of hydrogen-bond acceptors (Lipinski definition) is 4. The van der Waals surface area contributed by atoms with Crippen molar-refractivity contribution < 1.29 is 18.8 Å². The van der Waals surface area contributed by atoms with Crippen molar-refractivity contribution in [2.45, 2.75) is 26.1 Å². The number of carbonyl (C=O) groups excluding carboxylic acids is 2. The largest absolute Gasteiger partial charge is 0.544 e. The van der Waals surface area contributed by atoms with Crippen molar-refractivity contribution >= 4 is 20.6 Å². The predicted molar refractivity (Wildman–Crippen MR) is 71.5 cm³/mol. The van der Waals surface area contributed by atoms with Crippen LogP contribution in [-0.2, 0) is 16.0 Å². The van der Waals surface area contributed by atoms with E-state index in [1.807, 2.05) is 19.6 Å². The molecule has 18 heavy (non-hydrogen) atoms. The summed E-state index contributed by atoms with van der Waals surface area (Å²) < 4.78 is 10.4. The van der Waals surface area contributed by atoms with E-state index in [0.29, 0.717) is 11.3 Å². The van der Waals surface area contributed by atoms with Crippen molar-refractivity contribution in [3.63, 3.8) is 0 Å². The van der Waals surface area contributed by atoms with Crippen LogP contribution in [0.3, 0.4) is 0 Å². The Bertz CT molecular complexity index is 449. The van der Waals surface area contributed by atoms with Gasteiger partial charge in [0.15, 0.2) is 6.29 Å². The van der Waals surface area contributed by atoms with Crippen LogP contribution in [-0.4, -0.2) is 27.7 Å². The highest BCUT2D eigenvalue weighted by atomic mass is 28.4. The molecule has 0 aliphatic rings. The van der Waals surface area contributed by atoms with Gasteiger partial charge in [-0.05, 0) is 37.3 Å². The maximum atomic E-state index is 11.2. The average molecular weight is 266 g/mol. The van der Waals surface area contributed by atoms with Gasteiger partial charge in [0.25, 0.3) is 0 Å². The SMILES string of the molecule is COC(=O)Cc1ccc(O[Si](C)(C)C)c(C=O)c1. The van der Waals surface area contributed by atoms with Crippen molar-refractivity contribution in [2.24, 2.45) is 0 Å². The van der Waals surface area contributed by atoms with Crippen LogP contribution in [0.2, 0.25) is 19.6 Å². The van der Waals surface area contributed by atoms with Gasteiger partial charge in [-0.2, -0.15) is 0 Å². The van der Waals surface area contributed by atoms with Gasteiger partial charge in [-0.1, -0.05) is 6.07 Å². The van der Waals surface area contributed by atoms with E-state index in [-0.39, 0.29) is 12.4 Å². The molecule has 5 heteroatoms. The van der Waals surface area contributed by atoms with Crippen LogP contribution in [0.15, 0.2) is 18.2 Å². The van der Waals surface area contributed by atoms with Gasteiger partial charge in [-0.3, -0.25) is 9.59 Å². The highest BCUT2D eigenvalue weighted by molar-refractivity contribution is 6.70. The van der Waals surface area contributed by atoms with E-state index in [1.165, 1.54) is 7.11 Å². The topological polar surface area (TPSA) is 52.6 Å². The minimum atomic E-state index is -1.75. The molecule has 0 spiro atoms. The molecule has 0 aliphatic heterocycles. The number of hydrogen-bond donors (Lipinski definition) is 0. The van der Waals surface area contributed by atoms with Crippen LogP contribution in [0.4, 0.5) is 0 Å². The highest BCUT2D eigenvalue weighted by Gasteiger charge is 2.18. The van der Waals surface area contributed by atoms with Gasteiger partial charge < -0.3 is 9.16 Å². The second kappa shape index (κ2) is 5.82. The van der Waals surface area contributed by atoms with Crippen molar-refractivity contribution in [2.75, 3.05) is 7.11 Å². The van der Waals surface area contributed by atoms with E-state index in [1.54, 1.807) is 18.2 Å². The fourth-order valence-corrected chi connectivity index (χ4v) is 2.31. The lowest BCUT2D eigenvalue weighted by Gasteiger charge is -2.20. The first-order chi connectivity index (χ1) is 8.35. The molecule has 98 valence electrons. The number of rotatable bonds is 5. The molecule has 0 amide bonds. The summed E-state index contributed by atoms with van der Waals surface area (Å²) in [5.74, 6) is 0.253. The second-order valence-electron chi connectivity index (χ2n) is 4.96. The maximum Gasteiger partial charge on any atom is 0.309 e. The fraction of sp³-hybridized carbons (Fsp3) is 0.385. The molecule has 0 radical (unpaired) electrons. The molecule has 0 aromatic heterocycles. The molecule has 0 bridgehead atoms. The van der Waals surface area contributed by atoms with Gasteiger partial charge in [0, 0.05) is 0 Å². The molecular weight excluding hydrogens is 248 g/mol. The second-order valence-corrected chi connectivity index (χ2v) is 9.39. The Morgan fingerprint density at radius 2 is 2.00 bits per heavy atom. The molecule has 0 atom stereocenters. The Morgan fingerprint density at radius 1 is 1.33 bits per heavy atom. The lowest BCUT2D eigenvalue weighted by molar-refractivity contribution is -0.139. The molecule has 0 fully saturated rings. The monoisotopic (exact) mass is 266 g/mol. The third-order valence-electron chi connectivity index (χ3n) is 2.19. The number of carbonyl (C=O) groups is 2. The zero-order valence-electron chi connectivity index (χ0n) is 11.1. The van der Waals surface area contributed by atoms with E-state index in [4.69, 9.17) is 4.43 Å². The number of benzene rings is 1. The Kier molecular flexibility index (Phi) is 4.67. The summed E-state index contributed by atoms with van der Waals surface area (Å²) in [4.78, 5) is 22.2. The smallest absolute Gasteiger partial charge is 0.309 e. The zero-order chi connectivity index (χ0) is 13.8. The molecule has 0 unspecified atom stereocenters. The van der Waals surface area contributed by atoms with Gasteiger partial charge in [0.1, 0.15) is 5.75 Å². The molecule has 0 heterocycles. The molecule has 0 aliphatic carbocycles. The van der Waals surface area contributed by atoms with E-state index in [2.05, 4.69) is 4.74 Å². The molecule has 1 rings (SSSR count). The van der Waals surface area contributed by atoms with E-state index >= 15 is 0 Å². The molecular formula is C13H18O4Si. The Hall–Kier alpha value is -1.62. The molecule has 4 nitrogen and oxygen atoms in total. The first kappa shape index (κ1) is 14.4. The molecule has 0 saturated heterocycles. The maximum absolute atomic E-state index is 11.2. The third-order valence-corrected chi connectivity index (χ3v) is 3.03. The van der Waals surface area contributed by atoms with Gasteiger partial charge in [0.2, 0.25) is 8.32 Å². The first-order valence-electron chi connectivity index (χ1n) is 5.69. The lowest BCUT2D eigenvalue weighted by atomic mass is 10.1.